The first kappa shape index (κ1) is 15.0. The van der Waals surface area contributed by atoms with E-state index in [-0.39, 0.29) is 21.9 Å². The van der Waals surface area contributed by atoms with E-state index in [0.29, 0.717) is 11.3 Å². The van der Waals surface area contributed by atoms with E-state index in [0.717, 1.165) is 6.07 Å². The first-order valence-electron chi connectivity index (χ1n) is 6.69. The zero-order valence-corrected chi connectivity index (χ0v) is 12.6. The number of non-ortho nitro benzene ring substituents is 1. The number of nitriles is 1. The topological polar surface area (TPSA) is 113 Å². The summed E-state index contributed by atoms with van der Waals surface area (Å²) in [7, 11) is -3.37. The molecular formula is C15H11N3O4S. The molecule has 0 radical (unpaired) electrons. The van der Waals surface area contributed by atoms with Crippen LogP contribution in [-0.2, 0) is 9.84 Å². The van der Waals surface area contributed by atoms with Crippen molar-refractivity contribution in [1.29, 1.82) is 5.26 Å². The minimum absolute atomic E-state index is 0.0981. The van der Waals surface area contributed by atoms with Crippen molar-refractivity contribution in [3.8, 4) is 6.07 Å². The monoisotopic (exact) mass is 329 g/mol. The van der Waals surface area contributed by atoms with Gasteiger partial charge in [-0.25, -0.2) is 8.42 Å². The molecule has 0 bridgehead atoms. The molecule has 1 N–H and O–H groups in total. The van der Waals surface area contributed by atoms with Gasteiger partial charge in [0.25, 0.3) is 5.69 Å². The number of nitro groups is 1. The summed E-state index contributed by atoms with van der Waals surface area (Å²) in [6, 6.07) is 11.9. The van der Waals surface area contributed by atoms with Crippen molar-refractivity contribution in [3.63, 3.8) is 0 Å². The molecule has 1 atom stereocenters. The Morgan fingerprint density at radius 3 is 2.70 bits per heavy atom. The Kier molecular flexibility index (Phi) is 3.50. The number of fused-ring (bicyclic) bond motifs is 1. The van der Waals surface area contributed by atoms with Crippen molar-refractivity contribution in [3.05, 3.63) is 63.7 Å². The van der Waals surface area contributed by atoms with Crippen LogP contribution in [0.25, 0.3) is 0 Å². The first-order chi connectivity index (χ1) is 10.9. The van der Waals surface area contributed by atoms with Gasteiger partial charge < -0.3 is 5.32 Å². The van der Waals surface area contributed by atoms with Gasteiger partial charge >= 0.3 is 0 Å². The fourth-order valence-electron chi connectivity index (χ4n) is 2.62. The van der Waals surface area contributed by atoms with Gasteiger partial charge in [-0.05, 0) is 17.7 Å². The molecule has 23 heavy (non-hydrogen) atoms. The Labute approximate surface area is 132 Å². The van der Waals surface area contributed by atoms with Crippen LogP contribution in [0.15, 0.2) is 47.4 Å². The molecule has 0 unspecified atom stereocenters. The lowest BCUT2D eigenvalue weighted by atomic mass is 10.1. The molecule has 0 saturated heterocycles. The van der Waals surface area contributed by atoms with Gasteiger partial charge in [-0.15, -0.1) is 0 Å². The summed E-state index contributed by atoms with van der Waals surface area (Å²) in [5.74, 6) is -0.117. The number of nitro benzene ring substituents is 1. The van der Waals surface area contributed by atoms with E-state index in [1.165, 1.54) is 12.1 Å². The predicted octanol–water partition coefficient (Wildman–Crippen LogP) is 2.41. The van der Waals surface area contributed by atoms with E-state index < -0.39 is 20.8 Å². The average Bonchev–Trinajstić information content (AvgIpc) is 2.79. The van der Waals surface area contributed by atoms with E-state index in [2.05, 4.69) is 5.32 Å². The van der Waals surface area contributed by atoms with Crippen LogP contribution in [0.5, 0.6) is 0 Å². The van der Waals surface area contributed by atoms with Gasteiger partial charge in [-0.1, -0.05) is 18.2 Å². The summed E-state index contributed by atoms with van der Waals surface area (Å²) in [6.07, 6.45) is 0. The molecule has 0 spiro atoms. The maximum absolute atomic E-state index is 12.2. The van der Waals surface area contributed by atoms with Gasteiger partial charge in [0.15, 0.2) is 9.84 Å². The number of hydrogen-bond acceptors (Lipinski definition) is 6. The maximum atomic E-state index is 12.2. The van der Waals surface area contributed by atoms with E-state index in [9.17, 15) is 18.5 Å². The van der Waals surface area contributed by atoms with Crippen LogP contribution in [0.4, 0.5) is 11.4 Å². The van der Waals surface area contributed by atoms with E-state index in [1.54, 1.807) is 24.3 Å². The molecule has 0 saturated carbocycles. The fraction of sp³-hybridized carbons (Fsp3) is 0.133. The van der Waals surface area contributed by atoms with Crippen LogP contribution in [-0.4, -0.2) is 19.1 Å². The lowest BCUT2D eigenvalue weighted by Crippen LogP contribution is -2.13. The Morgan fingerprint density at radius 1 is 1.26 bits per heavy atom. The predicted molar refractivity (Wildman–Crippen MR) is 82.7 cm³/mol. The lowest BCUT2D eigenvalue weighted by Gasteiger charge is -2.15. The van der Waals surface area contributed by atoms with Crippen molar-refractivity contribution >= 4 is 21.2 Å². The number of hydrogen-bond donors (Lipinski definition) is 1. The summed E-state index contributed by atoms with van der Waals surface area (Å²) in [5.41, 5.74) is 0.914. The Morgan fingerprint density at radius 2 is 2.00 bits per heavy atom. The van der Waals surface area contributed by atoms with Crippen molar-refractivity contribution in [2.24, 2.45) is 0 Å². The summed E-state index contributed by atoms with van der Waals surface area (Å²) < 4.78 is 24.3. The lowest BCUT2D eigenvalue weighted by molar-refractivity contribution is -0.384. The molecule has 2 aromatic carbocycles. The molecule has 7 nitrogen and oxygen atoms in total. The molecule has 0 aromatic heterocycles. The molecule has 0 amide bonds. The van der Waals surface area contributed by atoms with Gasteiger partial charge in [0.2, 0.25) is 0 Å². The smallest absolute Gasteiger partial charge is 0.270 e. The van der Waals surface area contributed by atoms with E-state index in [4.69, 9.17) is 5.26 Å². The molecule has 116 valence electrons. The summed E-state index contributed by atoms with van der Waals surface area (Å²) in [5, 5.41) is 22.9. The Hall–Kier alpha value is -2.92. The third kappa shape index (κ3) is 2.62. The number of rotatable bonds is 3. The molecule has 2 aromatic rings. The number of anilines is 1. The SMILES string of the molecule is N#Cc1cc([N+](=O)[O-])ccc1N[C@H]1CS(=O)(=O)c2ccccc21. The van der Waals surface area contributed by atoms with Gasteiger partial charge in [0.05, 0.1) is 32.9 Å². The fourth-order valence-corrected chi connectivity index (χ4v) is 4.36. The van der Waals surface area contributed by atoms with Crippen LogP contribution in [0, 0.1) is 21.4 Å². The minimum atomic E-state index is -3.37. The normalized spacial score (nSPS) is 18.0. The highest BCUT2D eigenvalue weighted by Gasteiger charge is 2.34. The second-order valence-corrected chi connectivity index (χ2v) is 7.12. The Balaban J connectivity index is 1.98. The number of sulfone groups is 1. The van der Waals surface area contributed by atoms with Crippen LogP contribution < -0.4 is 5.32 Å². The van der Waals surface area contributed by atoms with Crippen molar-refractivity contribution < 1.29 is 13.3 Å². The van der Waals surface area contributed by atoms with Crippen molar-refractivity contribution in [1.82, 2.24) is 0 Å². The molecule has 8 heteroatoms. The zero-order chi connectivity index (χ0) is 16.6. The van der Waals surface area contributed by atoms with Crippen molar-refractivity contribution in [2.45, 2.75) is 10.9 Å². The number of nitrogens with one attached hydrogen (secondary N) is 1. The van der Waals surface area contributed by atoms with Crippen LogP contribution in [0.2, 0.25) is 0 Å². The van der Waals surface area contributed by atoms with Crippen LogP contribution >= 0.6 is 0 Å². The standard InChI is InChI=1S/C15H11N3O4S/c16-8-10-7-11(18(19)20)5-6-13(10)17-14-9-23(21,22)15-4-2-1-3-12(14)15/h1-7,14,17H,9H2/t14-/m0/s1. The largest absolute Gasteiger partial charge is 0.376 e. The van der Waals surface area contributed by atoms with Gasteiger partial charge in [0, 0.05) is 12.1 Å². The Bertz CT molecular complexity index is 947. The number of nitrogens with zero attached hydrogens (tertiary/aromatic N) is 2. The molecule has 1 aliphatic heterocycles. The molecular weight excluding hydrogens is 318 g/mol. The second-order valence-electron chi connectivity index (χ2n) is 5.11. The summed E-state index contributed by atoms with van der Waals surface area (Å²) in [6.45, 7) is 0. The summed E-state index contributed by atoms with van der Waals surface area (Å²) >= 11 is 0. The highest BCUT2D eigenvalue weighted by atomic mass is 32.2. The van der Waals surface area contributed by atoms with Crippen LogP contribution in [0.3, 0.4) is 0 Å². The molecule has 0 aliphatic carbocycles. The van der Waals surface area contributed by atoms with Gasteiger partial charge in [-0.3, -0.25) is 10.1 Å². The second kappa shape index (κ2) is 5.37. The first-order valence-corrected chi connectivity index (χ1v) is 8.34. The maximum Gasteiger partial charge on any atom is 0.270 e. The van der Waals surface area contributed by atoms with Gasteiger partial charge in [0.1, 0.15) is 6.07 Å². The minimum Gasteiger partial charge on any atom is -0.376 e. The quantitative estimate of drug-likeness (QED) is 0.683. The third-order valence-electron chi connectivity index (χ3n) is 3.68. The zero-order valence-electron chi connectivity index (χ0n) is 11.8. The molecule has 1 aliphatic rings. The average molecular weight is 329 g/mol. The molecule has 1 heterocycles. The van der Waals surface area contributed by atoms with Crippen LogP contribution in [0.1, 0.15) is 17.2 Å². The third-order valence-corrected chi connectivity index (χ3v) is 5.49. The molecule has 0 fully saturated rings. The van der Waals surface area contributed by atoms with Gasteiger partial charge in [-0.2, -0.15) is 5.26 Å². The number of benzene rings is 2. The van der Waals surface area contributed by atoms with Crippen molar-refractivity contribution in [2.75, 3.05) is 11.1 Å². The van der Waals surface area contributed by atoms with E-state index >= 15 is 0 Å². The highest BCUT2D eigenvalue weighted by Crippen LogP contribution is 2.36. The molecule has 3 rings (SSSR count). The highest BCUT2D eigenvalue weighted by molar-refractivity contribution is 7.91. The summed E-state index contributed by atoms with van der Waals surface area (Å²) in [4.78, 5) is 10.5. The van der Waals surface area contributed by atoms with E-state index in [1.807, 2.05) is 6.07 Å².